The maximum Gasteiger partial charge on any atom is 0.243 e. The zero-order valence-corrected chi connectivity index (χ0v) is 21.0. The summed E-state index contributed by atoms with van der Waals surface area (Å²) in [6.07, 6.45) is 2.93. The number of halogens is 2. The molecule has 0 radical (unpaired) electrons. The Morgan fingerprint density at radius 3 is 2.16 bits per heavy atom. The summed E-state index contributed by atoms with van der Waals surface area (Å²) in [5.41, 5.74) is 2.39. The minimum Gasteiger partial charge on any atom is -0.352 e. The number of hydrogen-bond acceptors (Lipinski definition) is 3. The van der Waals surface area contributed by atoms with Crippen molar-refractivity contribution in [3.05, 3.63) is 65.0 Å². The van der Waals surface area contributed by atoms with E-state index in [1.165, 1.54) is 6.07 Å². The van der Waals surface area contributed by atoms with E-state index in [4.69, 9.17) is 0 Å². The molecule has 0 aromatic heterocycles. The Morgan fingerprint density at radius 1 is 1.00 bits per heavy atom. The van der Waals surface area contributed by atoms with Crippen molar-refractivity contribution in [1.29, 1.82) is 0 Å². The molecule has 0 amide bonds. The molecule has 2 aromatic rings. The van der Waals surface area contributed by atoms with Crippen LogP contribution in [0.4, 0.5) is 4.39 Å². The Hall–Kier alpha value is -1.72. The van der Waals surface area contributed by atoms with E-state index in [9.17, 15) is 12.8 Å². The third-order valence-electron chi connectivity index (χ3n) is 5.26. The fraction of sp³-hybridized carbons (Fsp3) is 0.409. The lowest BCUT2D eigenvalue weighted by Gasteiger charge is -2.25. The van der Waals surface area contributed by atoms with Crippen LogP contribution in [-0.4, -0.2) is 38.8 Å². The molecule has 0 bridgehead atoms. The largest absolute Gasteiger partial charge is 0.352 e. The fourth-order valence-corrected chi connectivity index (χ4v) is 4.89. The Morgan fingerprint density at radius 2 is 1.58 bits per heavy atom. The minimum absolute atomic E-state index is 0. The molecule has 2 aromatic carbocycles. The zero-order valence-electron chi connectivity index (χ0n) is 17.9. The third kappa shape index (κ3) is 6.88. The van der Waals surface area contributed by atoms with E-state index in [0.29, 0.717) is 42.6 Å². The SMILES string of the molecule is CN=C(NCc1ccc(S(=O)(=O)N2CCCCC2)cc1)NCc1ccc(C)c(F)c1.I. The van der Waals surface area contributed by atoms with E-state index in [1.54, 1.807) is 36.5 Å². The molecule has 9 heteroatoms. The van der Waals surface area contributed by atoms with Gasteiger partial charge in [-0.1, -0.05) is 30.7 Å². The number of nitrogens with zero attached hydrogens (tertiary/aromatic N) is 2. The highest BCUT2D eigenvalue weighted by molar-refractivity contribution is 14.0. The molecule has 0 saturated carbocycles. The van der Waals surface area contributed by atoms with Gasteiger partial charge in [0.25, 0.3) is 0 Å². The summed E-state index contributed by atoms with van der Waals surface area (Å²) in [6.45, 7) is 3.86. The van der Waals surface area contributed by atoms with Crippen LogP contribution in [-0.2, 0) is 23.1 Å². The molecule has 0 spiro atoms. The van der Waals surface area contributed by atoms with Crippen LogP contribution in [0.1, 0.15) is 36.0 Å². The van der Waals surface area contributed by atoms with Gasteiger partial charge < -0.3 is 10.6 Å². The van der Waals surface area contributed by atoms with Crippen LogP contribution >= 0.6 is 24.0 Å². The van der Waals surface area contributed by atoms with Gasteiger partial charge in [0.2, 0.25) is 10.0 Å². The van der Waals surface area contributed by atoms with Crippen molar-refractivity contribution in [2.24, 2.45) is 4.99 Å². The van der Waals surface area contributed by atoms with Gasteiger partial charge in [0, 0.05) is 33.2 Å². The second-order valence-corrected chi connectivity index (χ2v) is 9.41. The van der Waals surface area contributed by atoms with Crippen molar-refractivity contribution >= 4 is 40.0 Å². The lowest BCUT2D eigenvalue weighted by Crippen LogP contribution is -2.36. The Balaban J connectivity index is 0.00000341. The summed E-state index contributed by atoms with van der Waals surface area (Å²) in [6, 6.07) is 12.1. The van der Waals surface area contributed by atoms with Crippen LogP contribution in [0.15, 0.2) is 52.4 Å². The minimum atomic E-state index is -3.41. The van der Waals surface area contributed by atoms with Gasteiger partial charge in [-0.25, -0.2) is 12.8 Å². The maximum atomic E-state index is 13.7. The van der Waals surface area contributed by atoms with Crippen LogP contribution < -0.4 is 10.6 Å². The first kappa shape index (κ1) is 25.5. The second-order valence-electron chi connectivity index (χ2n) is 7.47. The molecule has 0 atom stereocenters. The zero-order chi connectivity index (χ0) is 21.6. The van der Waals surface area contributed by atoms with Gasteiger partial charge >= 0.3 is 0 Å². The standard InChI is InChI=1S/C22H29FN4O2S.HI/c1-17-6-7-19(14-21(17)23)16-26-22(24-2)25-15-18-8-10-20(11-9-18)30(28,29)27-12-4-3-5-13-27;/h6-11,14H,3-5,12-13,15-16H2,1-2H3,(H2,24,25,26);1H. The molecular weight excluding hydrogens is 530 g/mol. The molecule has 170 valence electrons. The van der Waals surface area contributed by atoms with E-state index in [2.05, 4.69) is 15.6 Å². The first-order valence-corrected chi connectivity index (χ1v) is 11.6. The van der Waals surface area contributed by atoms with Gasteiger partial charge in [0.15, 0.2) is 5.96 Å². The van der Waals surface area contributed by atoms with E-state index < -0.39 is 10.0 Å². The first-order chi connectivity index (χ1) is 14.4. The predicted molar refractivity (Wildman–Crippen MR) is 133 cm³/mol. The van der Waals surface area contributed by atoms with Crippen molar-refractivity contribution < 1.29 is 12.8 Å². The number of hydrogen-bond donors (Lipinski definition) is 2. The summed E-state index contributed by atoms with van der Waals surface area (Å²) >= 11 is 0. The summed E-state index contributed by atoms with van der Waals surface area (Å²) in [5.74, 6) is 0.359. The Labute approximate surface area is 201 Å². The number of piperidine rings is 1. The van der Waals surface area contributed by atoms with Crippen molar-refractivity contribution in [2.75, 3.05) is 20.1 Å². The third-order valence-corrected chi connectivity index (χ3v) is 7.17. The van der Waals surface area contributed by atoms with Gasteiger partial charge in [-0.3, -0.25) is 4.99 Å². The number of aliphatic imine (C=N–C) groups is 1. The van der Waals surface area contributed by atoms with Gasteiger partial charge in [-0.05, 0) is 54.7 Å². The highest BCUT2D eigenvalue weighted by Gasteiger charge is 2.25. The summed E-state index contributed by atoms with van der Waals surface area (Å²) in [4.78, 5) is 4.50. The van der Waals surface area contributed by atoms with Gasteiger partial charge in [0.05, 0.1) is 4.90 Å². The van der Waals surface area contributed by atoms with Gasteiger partial charge in [0.1, 0.15) is 5.82 Å². The molecule has 0 aliphatic carbocycles. The summed E-state index contributed by atoms with van der Waals surface area (Å²) in [7, 11) is -1.75. The average Bonchev–Trinajstić information content (AvgIpc) is 2.77. The molecule has 1 heterocycles. The normalized spacial score (nSPS) is 15.3. The molecule has 1 fully saturated rings. The molecule has 0 unspecified atom stereocenters. The summed E-state index contributed by atoms with van der Waals surface area (Å²) < 4.78 is 40.7. The van der Waals surface area contributed by atoms with Crippen molar-refractivity contribution in [3.8, 4) is 0 Å². The summed E-state index contributed by atoms with van der Waals surface area (Å²) in [5, 5.41) is 6.34. The van der Waals surface area contributed by atoms with Crippen molar-refractivity contribution in [3.63, 3.8) is 0 Å². The van der Waals surface area contributed by atoms with E-state index >= 15 is 0 Å². The number of nitrogens with one attached hydrogen (secondary N) is 2. The Kier molecular flexibility index (Phi) is 9.70. The lowest BCUT2D eigenvalue weighted by atomic mass is 10.1. The first-order valence-electron chi connectivity index (χ1n) is 10.2. The fourth-order valence-electron chi connectivity index (χ4n) is 3.37. The maximum absolute atomic E-state index is 13.7. The molecular formula is C22H30FIN4O2S. The molecule has 6 nitrogen and oxygen atoms in total. The monoisotopic (exact) mass is 560 g/mol. The van der Waals surface area contributed by atoms with Crippen LogP contribution in [0, 0.1) is 12.7 Å². The van der Waals surface area contributed by atoms with E-state index in [-0.39, 0.29) is 29.8 Å². The number of rotatable bonds is 6. The van der Waals surface area contributed by atoms with Crippen molar-refractivity contribution in [2.45, 2.75) is 44.2 Å². The molecule has 1 aliphatic heterocycles. The predicted octanol–water partition coefficient (Wildman–Crippen LogP) is 3.79. The highest BCUT2D eigenvalue weighted by atomic mass is 127. The number of guanidine groups is 1. The lowest BCUT2D eigenvalue weighted by molar-refractivity contribution is 0.346. The molecule has 31 heavy (non-hydrogen) atoms. The van der Waals surface area contributed by atoms with Crippen LogP contribution in [0.3, 0.4) is 0 Å². The van der Waals surface area contributed by atoms with Crippen LogP contribution in [0.25, 0.3) is 0 Å². The highest BCUT2D eigenvalue weighted by Crippen LogP contribution is 2.20. The number of sulfonamides is 1. The van der Waals surface area contributed by atoms with Crippen LogP contribution in [0.2, 0.25) is 0 Å². The topological polar surface area (TPSA) is 73.8 Å². The number of benzene rings is 2. The quantitative estimate of drug-likeness (QED) is 0.321. The van der Waals surface area contributed by atoms with E-state index in [0.717, 1.165) is 30.4 Å². The van der Waals surface area contributed by atoms with Crippen LogP contribution in [0.5, 0.6) is 0 Å². The van der Waals surface area contributed by atoms with Gasteiger partial charge in [-0.2, -0.15) is 4.31 Å². The molecule has 2 N–H and O–H groups in total. The number of aryl methyl sites for hydroxylation is 1. The smallest absolute Gasteiger partial charge is 0.243 e. The molecule has 1 saturated heterocycles. The average molecular weight is 560 g/mol. The molecule has 1 aliphatic rings. The Bertz CT molecular complexity index is 991. The second kappa shape index (κ2) is 11.8. The van der Waals surface area contributed by atoms with Gasteiger partial charge in [-0.15, -0.1) is 24.0 Å². The van der Waals surface area contributed by atoms with Crippen molar-refractivity contribution in [1.82, 2.24) is 14.9 Å². The van der Waals surface area contributed by atoms with E-state index in [1.807, 2.05) is 18.2 Å². The molecule has 3 rings (SSSR count).